The van der Waals surface area contributed by atoms with E-state index in [1.54, 1.807) is 42.3 Å². The van der Waals surface area contributed by atoms with Crippen molar-refractivity contribution >= 4 is 23.1 Å². The number of nitrogens with zero attached hydrogens (tertiary/aromatic N) is 3. The number of benzene rings is 2. The van der Waals surface area contributed by atoms with E-state index in [9.17, 15) is 4.39 Å². The molecule has 0 spiro atoms. The Kier molecular flexibility index (Phi) is 5.87. The number of thioether (sulfide) groups is 1. The smallest absolute Gasteiger partial charge is 0.124 e. The Labute approximate surface area is 176 Å². The van der Waals surface area contributed by atoms with Crippen LogP contribution in [0.4, 0.5) is 4.39 Å². The summed E-state index contributed by atoms with van der Waals surface area (Å²) in [7, 11) is 1.66. The lowest BCUT2D eigenvalue weighted by atomic mass is 10.2. The largest absolute Gasteiger partial charge is 0.497 e. The van der Waals surface area contributed by atoms with Gasteiger partial charge in [0.15, 0.2) is 0 Å². The van der Waals surface area contributed by atoms with E-state index in [1.807, 2.05) is 43.3 Å². The molecule has 146 valence electrons. The molecule has 0 saturated heterocycles. The third-order valence-electron chi connectivity index (χ3n) is 4.29. The third kappa shape index (κ3) is 4.63. The Hall–Kier alpha value is -2.77. The van der Waals surface area contributed by atoms with E-state index in [0.717, 1.165) is 43.2 Å². The normalized spacial score (nSPS) is 10.9. The lowest BCUT2D eigenvalue weighted by Gasteiger charge is -2.02. The van der Waals surface area contributed by atoms with Crippen LogP contribution in [0.5, 0.6) is 5.75 Å². The van der Waals surface area contributed by atoms with Crippen LogP contribution >= 0.6 is 23.1 Å². The van der Waals surface area contributed by atoms with Gasteiger partial charge < -0.3 is 4.74 Å². The number of hydrogen-bond donors (Lipinski definition) is 0. The van der Waals surface area contributed by atoms with Gasteiger partial charge in [0.05, 0.1) is 17.7 Å². The quantitative estimate of drug-likeness (QED) is 0.355. The van der Waals surface area contributed by atoms with Gasteiger partial charge in [0, 0.05) is 11.3 Å². The van der Waals surface area contributed by atoms with Gasteiger partial charge in [-0.1, -0.05) is 36.0 Å². The van der Waals surface area contributed by atoms with Crippen LogP contribution in [0.3, 0.4) is 0 Å². The lowest BCUT2D eigenvalue weighted by Crippen LogP contribution is -1.90. The average Bonchev–Trinajstić information content (AvgIpc) is 3.15. The van der Waals surface area contributed by atoms with E-state index in [1.165, 1.54) is 12.1 Å². The molecule has 0 N–H and O–H groups in total. The summed E-state index contributed by atoms with van der Waals surface area (Å²) in [6.07, 6.45) is 0. The second-order valence-electron chi connectivity index (χ2n) is 6.34. The summed E-state index contributed by atoms with van der Waals surface area (Å²) < 4.78 is 18.3. The molecule has 4 nitrogen and oxygen atoms in total. The lowest BCUT2D eigenvalue weighted by molar-refractivity contribution is 0.415. The SMILES string of the molecule is COc1cccc(-c2nc(C)c(-c3ccc(SCc4ccc(F)cc4)nn3)s2)c1. The predicted octanol–water partition coefficient (Wildman–Crippen LogP) is 6.02. The first-order valence-electron chi connectivity index (χ1n) is 8.95. The second kappa shape index (κ2) is 8.71. The van der Waals surface area contributed by atoms with Crippen molar-refractivity contribution in [3.8, 4) is 26.9 Å². The van der Waals surface area contributed by atoms with Gasteiger partial charge in [-0.05, 0) is 48.9 Å². The summed E-state index contributed by atoms with van der Waals surface area (Å²) in [4.78, 5) is 5.70. The summed E-state index contributed by atoms with van der Waals surface area (Å²) in [5, 5.41) is 10.5. The minimum atomic E-state index is -0.226. The molecule has 0 aliphatic carbocycles. The van der Waals surface area contributed by atoms with Crippen molar-refractivity contribution in [1.82, 2.24) is 15.2 Å². The average molecular weight is 424 g/mol. The molecule has 2 aromatic heterocycles. The highest BCUT2D eigenvalue weighted by Crippen LogP contribution is 2.35. The number of aryl methyl sites for hydroxylation is 1. The molecule has 29 heavy (non-hydrogen) atoms. The van der Waals surface area contributed by atoms with Gasteiger partial charge >= 0.3 is 0 Å². The summed E-state index contributed by atoms with van der Waals surface area (Å²) in [6.45, 7) is 1.98. The molecule has 0 aliphatic heterocycles. The molecular formula is C22H18FN3OS2. The number of methoxy groups -OCH3 is 1. The fourth-order valence-electron chi connectivity index (χ4n) is 2.77. The number of ether oxygens (including phenoxy) is 1. The number of hydrogen-bond acceptors (Lipinski definition) is 6. The summed E-state index contributed by atoms with van der Waals surface area (Å²) >= 11 is 3.16. The van der Waals surface area contributed by atoms with E-state index in [4.69, 9.17) is 9.72 Å². The monoisotopic (exact) mass is 423 g/mol. The molecule has 4 aromatic rings. The highest BCUT2D eigenvalue weighted by Gasteiger charge is 2.13. The van der Waals surface area contributed by atoms with E-state index >= 15 is 0 Å². The van der Waals surface area contributed by atoms with Gasteiger partial charge in [0.2, 0.25) is 0 Å². The minimum absolute atomic E-state index is 0.226. The molecule has 7 heteroatoms. The maximum atomic E-state index is 13.0. The van der Waals surface area contributed by atoms with Crippen molar-refractivity contribution in [3.63, 3.8) is 0 Å². The zero-order valence-corrected chi connectivity index (χ0v) is 17.6. The Bertz CT molecular complexity index is 1110. The molecule has 0 fully saturated rings. The van der Waals surface area contributed by atoms with Gasteiger partial charge in [-0.25, -0.2) is 9.37 Å². The van der Waals surface area contributed by atoms with Crippen LogP contribution < -0.4 is 4.74 Å². The van der Waals surface area contributed by atoms with E-state index in [2.05, 4.69) is 10.2 Å². The Morgan fingerprint density at radius 2 is 1.86 bits per heavy atom. The topological polar surface area (TPSA) is 47.9 Å². The van der Waals surface area contributed by atoms with Gasteiger partial charge in [-0.3, -0.25) is 0 Å². The van der Waals surface area contributed by atoms with Crippen LogP contribution in [0.2, 0.25) is 0 Å². The summed E-state index contributed by atoms with van der Waals surface area (Å²) in [5.41, 5.74) is 3.79. The van der Waals surface area contributed by atoms with Crippen molar-refractivity contribution in [2.24, 2.45) is 0 Å². The van der Waals surface area contributed by atoms with E-state index < -0.39 is 0 Å². The molecule has 0 amide bonds. The highest BCUT2D eigenvalue weighted by atomic mass is 32.2. The van der Waals surface area contributed by atoms with Crippen molar-refractivity contribution in [3.05, 3.63) is 77.7 Å². The Balaban J connectivity index is 1.50. The van der Waals surface area contributed by atoms with Crippen LogP contribution in [0, 0.1) is 12.7 Å². The first kappa shape index (κ1) is 19.5. The van der Waals surface area contributed by atoms with E-state index in [0.29, 0.717) is 5.75 Å². The molecule has 0 bridgehead atoms. The summed E-state index contributed by atoms with van der Waals surface area (Å²) in [6, 6.07) is 18.3. The number of thiazole rings is 1. The van der Waals surface area contributed by atoms with Crippen LogP contribution in [-0.4, -0.2) is 22.3 Å². The van der Waals surface area contributed by atoms with Crippen molar-refractivity contribution in [1.29, 1.82) is 0 Å². The molecule has 0 aliphatic rings. The molecule has 2 heterocycles. The minimum Gasteiger partial charge on any atom is -0.497 e. The summed E-state index contributed by atoms with van der Waals surface area (Å²) in [5.74, 6) is 1.30. The molecule has 2 aromatic carbocycles. The zero-order valence-electron chi connectivity index (χ0n) is 15.9. The van der Waals surface area contributed by atoms with Gasteiger partial charge in [0.1, 0.15) is 27.3 Å². The molecule has 0 radical (unpaired) electrons. The second-order valence-corrected chi connectivity index (χ2v) is 8.33. The van der Waals surface area contributed by atoms with Crippen LogP contribution in [0.1, 0.15) is 11.3 Å². The fraction of sp³-hybridized carbons (Fsp3) is 0.136. The number of aromatic nitrogens is 3. The highest BCUT2D eigenvalue weighted by molar-refractivity contribution is 7.98. The van der Waals surface area contributed by atoms with Crippen LogP contribution in [0.25, 0.3) is 21.1 Å². The Morgan fingerprint density at radius 3 is 2.59 bits per heavy atom. The maximum absolute atomic E-state index is 13.0. The first-order valence-corrected chi connectivity index (χ1v) is 10.8. The van der Waals surface area contributed by atoms with Crippen molar-refractivity contribution in [2.75, 3.05) is 7.11 Å². The maximum Gasteiger partial charge on any atom is 0.124 e. The fourth-order valence-corrected chi connectivity index (χ4v) is 4.57. The molecule has 0 unspecified atom stereocenters. The van der Waals surface area contributed by atoms with Crippen molar-refractivity contribution in [2.45, 2.75) is 17.7 Å². The van der Waals surface area contributed by atoms with Crippen LogP contribution in [-0.2, 0) is 5.75 Å². The van der Waals surface area contributed by atoms with Gasteiger partial charge in [0.25, 0.3) is 0 Å². The Morgan fingerprint density at radius 1 is 1.03 bits per heavy atom. The third-order valence-corrected chi connectivity index (χ3v) is 6.51. The zero-order chi connectivity index (χ0) is 20.2. The molecule has 4 rings (SSSR count). The van der Waals surface area contributed by atoms with Crippen molar-refractivity contribution < 1.29 is 9.13 Å². The van der Waals surface area contributed by atoms with Gasteiger partial charge in [-0.2, -0.15) is 0 Å². The van der Waals surface area contributed by atoms with E-state index in [-0.39, 0.29) is 5.82 Å². The molecule has 0 saturated carbocycles. The van der Waals surface area contributed by atoms with Gasteiger partial charge in [-0.15, -0.1) is 21.5 Å². The van der Waals surface area contributed by atoms with Crippen LogP contribution in [0.15, 0.2) is 65.7 Å². The first-order chi connectivity index (χ1) is 14.1. The predicted molar refractivity (Wildman–Crippen MR) is 116 cm³/mol. The standard InChI is InChI=1S/C22H18FN3OS2/c1-14-21(29-22(24-14)16-4-3-5-18(12-16)27-2)19-10-11-20(26-25-19)28-13-15-6-8-17(23)9-7-15/h3-12H,13H2,1-2H3. The number of halogens is 1. The molecular weight excluding hydrogens is 405 g/mol. The number of rotatable bonds is 6. The molecule has 0 atom stereocenters.